The van der Waals surface area contributed by atoms with Gasteiger partial charge in [0.25, 0.3) is 5.91 Å². The molecule has 0 radical (unpaired) electrons. The number of rotatable bonds is 4. The molecule has 0 N–H and O–H groups in total. The molecule has 2 aromatic carbocycles. The third-order valence-corrected chi connectivity index (χ3v) is 7.34. The minimum Gasteiger partial charge on any atom is -0.307 e. The zero-order valence-electron chi connectivity index (χ0n) is 18.6. The number of amides is 1. The van der Waals surface area contributed by atoms with Gasteiger partial charge in [-0.3, -0.25) is 9.69 Å². The highest BCUT2D eigenvalue weighted by atomic mass is 35.5. The Morgan fingerprint density at radius 3 is 2.50 bits per heavy atom. The van der Waals surface area contributed by atoms with Crippen molar-refractivity contribution in [3.05, 3.63) is 99.6 Å². The first-order valence-corrected chi connectivity index (χ1v) is 12.1. The van der Waals surface area contributed by atoms with Gasteiger partial charge in [0.2, 0.25) is 5.95 Å². The SMILES string of the molecule is O=C(c1ccnc(F)c1)N1CC2(CCN(CC=Cc3ccc(Cl)cc3)CC2)c2cc(Cl)ccc21. The number of hydrogen-bond donors (Lipinski definition) is 0. The predicted octanol–water partition coefficient (Wildman–Crippen LogP) is 6.23. The highest BCUT2D eigenvalue weighted by Gasteiger charge is 2.46. The van der Waals surface area contributed by atoms with Gasteiger partial charge in [0.1, 0.15) is 0 Å². The molecule has 3 heterocycles. The lowest BCUT2D eigenvalue weighted by Crippen LogP contribution is -2.46. The zero-order chi connectivity index (χ0) is 23.7. The van der Waals surface area contributed by atoms with Crippen LogP contribution in [0.2, 0.25) is 10.0 Å². The first kappa shape index (κ1) is 23.0. The summed E-state index contributed by atoms with van der Waals surface area (Å²) in [6.07, 6.45) is 7.45. The van der Waals surface area contributed by atoms with Gasteiger partial charge in [-0.1, -0.05) is 47.5 Å². The van der Waals surface area contributed by atoms with Crippen molar-refractivity contribution in [3.63, 3.8) is 0 Å². The summed E-state index contributed by atoms with van der Waals surface area (Å²) in [6.45, 7) is 3.27. The molecule has 0 saturated carbocycles. The average Bonchev–Trinajstić information content (AvgIpc) is 3.14. The normalized spacial score (nSPS) is 17.4. The summed E-state index contributed by atoms with van der Waals surface area (Å²) in [5, 5.41) is 1.40. The lowest BCUT2D eigenvalue weighted by molar-refractivity contribution is 0.0977. The third-order valence-electron chi connectivity index (χ3n) is 6.86. The molecule has 3 aromatic rings. The summed E-state index contributed by atoms with van der Waals surface area (Å²) in [7, 11) is 0. The van der Waals surface area contributed by atoms with Gasteiger partial charge in [-0.05, 0) is 73.5 Å². The fourth-order valence-electron chi connectivity index (χ4n) is 5.02. The van der Waals surface area contributed by atoms with Gasteiger partial charge < -0.3 is 4.90 Å². The third kappa shape index (κ3) is 4.61. The Kier molecular flexibility index (Phi) is 6.43. The van der Waals surface area contributed by atoms with Crippen LogP contribution in [0.15, 0.2) is 66.9 Å². The van der Waals surface area contributed by atoms with E-state index >= 15 is 0 Å². The van der Waals surface area contributed by atoms with Gasteiger partial charge in [-0.25, -0.2) is 4.98 Å². The summed E-state index contributed by atoms with van der Waals surface area (Å²) < 4.78 is 13.7. The summed E-state index contributed by atoms with van der Waals surface area (Å²) in [6, 6.07) is 16.2. The molecule has 0 atom stereocenters. The highest BCUT2D eigenvalue weighted by molar-refractivity contribution is 6.31. The molecular formula is C27H24Cl2FN3O. The van der Waals surface area contributed by atoms with Crippen LogP contribution >= 0.6 is 23.2 Å². The minimum absolute atomic E-state index is 0.155. The van der Waals surface area contributed by atoms with E-state index in [2.05, 4.69) is 22.0 Å². The molecule has 4 nitrogen and oxygen atoms in total. The van der Waals surface area contributed by atoms with Crippen LogP contribution < -0.4 is 4.90 Å². The maximum Gasteiger partial charge on any atom is 0.258 e. The Morgan fingerprint density at radius 2 is 1.76 bits per heavy atom. The van der Waals surface area contributed by atoms with Gasteiger partial charge in [-0.2, -0.15) is 4.39 Å². The first-order valence-electron chi connectivity index (χ1n) is 11.3. The average molecular weight is 496 g/mol. The second-order valence-electron chi connectivity index (χ2n) is 8.95. The number of hydrogen-bond acceptors (Lipinski definition) is 3. The summed E-state index contributed by atoms with van der Waals surface area (Å²) >= 11 is 12.3. The predicted molar refractivity (Wildman–Crippen MR) is 135 cm³/mol. The fourth-order valence-corrected chi connectivity index (χ4v) is 5.31. The molecule has 1 fully saturated rings. The van der Waals surface area contributed by atoms with Crippen molar-refractivity contribution in [1.82, 2.24) is 9.88 Å². The molecule has 1 aromatic heterocycles. The second-order valence-corrected chi connectivity index (χ2v) is 9.83. The molecule has 0 bridgehead atoms. The number of aromatic nitrogens is 1. The number of likely N-dealkylation sites (tertiary alicyclic amines) is 1. The number of carbonyl (C=O) groups is 1. The Balaban J connectivity index is 1.31. The summed E-state index contributed by atoms with van der Waals surface area (Å²) in [4.78, 5) is 21.1. The van der Waals surface area contributed by atoms with Gasteiger partial charge in [0.05, 0.1) is 0 Å². The molecule has 2 aliphatic heterocycles. The Bertz CT molecular complexity index is 1240. The molecule has 5 rings (SSSR count). The van der Waals surface area contributed by atoms with E-state index in [1.807, 2.05) is 42.5 Å². The number of nitrogens with zero attached hydrogens (tertiary/aromatic N) is 3. The van der Waals surface area contributed by atoms with Crippen LogP contribution in [0.25, 0.3) is 6.08 Å². The summed E-state index contributed by atoms with van der Waals surface area (Å²) in [5.41, 5.74) is 3.24. The van der Waals surface area contributed by atoms with E-state index in [0.29, 0.717) is 17.1 Å². The maximum atomic E-state index is 13.7. The first-order chi connectivity index (χ1) is 16.4. The number of piperidine rings is 1. The van der Waals surface area contributed by atoms with Crippen molar-refractivity contribution in [1.29, 1.82) is 0 Å². The number of fused-ring (bicyclic) bond motifs is 2. The van der Waals surface area contributed by atoms with E-state index in [4.69, 9.17) is 23.2 Å². The van der Waals surface area contributed by atoms with Crippen LogP contribution in [0.4, 0.5) is 10.1 Å². The van der Waals surface area contributed by atoms with Crippen LogP contribution in [0.1, 0.15) is 34.3 Å². The monoisotopic (exact) mass is 495 g/mol. The van der Waals surface area contributed by atoms with E-state index in [9.17, 15) is 9.18 Å². The number of carbonyl (C=O) groups excluding carboxylic acids is 1. The van der Waals surface area contributed by atoms with E-state index in [1.165, 1.54) is 12.3 Å². The number of halogens is 3. The van der Waals surface area contributed by atoms with E-state index < -0.39 is 5.95 Å². The Hall–Kier alpha value is -2.73. The molecule has 0 aliphatic carbocycles. The van der Waals surface area contributed by atoms with Gasteiger partial charge in [0, 0.05) is 52.1 Å². The van der Waals surface area contributed by atoms with Gasteiger partial charge >= 0.3 is 0 Å². The van der Waals surface area contributed by atoms with Gasteiger partial charge in [-0.15, -0.1) is 0 Å². The topological polar surface area (TPSA) is 36.4 Å². The molecule has 174 valence electrons. The quantitative estimate of drug-likeness (QED) is 0.402. The van der Waals surface area contributed by atoms with Crippen LogP contribution in [0.5, 0.6) is 0 Å². The lowest BCUT2D eigenvalue weighted by atomic mass is 9.74. The molecule has 34 heavy (non-hydrogen) atoms. The zero-order valence-corrected chi connectivity index (χ0v) is 20.1. The molecular weight excluding hydrogens is 472 g/mol. The van der Waals surface area contributed by atoms with Crippen LogP contribution in [-0.2, 0) is 5.41 Å². The highest BCUT2D eigenvalue weighted by Crippen LogP contribution is 2.48. The van der Waals surface area contributed by atoms with Crippen LogP contribution in [0.3, 0.4) is 0 Å². The Morgan fingerprint density at radius 1 is 1.03 bits per heavy atom. The van der Waals surface area contributed by atoms with Crippen molar-refractivity contribution < 1.29 is 9.18 Å². The van der Waals surface area contributed by atoms with Gasteiger partial charge in [0.15, 0.2) is 0 Å². The van der Waals surface area contributed by atoms with Crippen molar-refractivity contribution in [2.75, 3.05) is 31.1 Å². The lowest BCUT2D eigenvalue weighted by Gasteiger charge is -2.39. The second kappa shape index (κ2) is 9.49. The van der Waals surface area contributed by atoms with Crippen molar-refractivity contribution in [3.8, 4) is 0 Å². The van der Waals surface area contributed by atoms with Crippen molar-refractivity contribution in [2.45, 2.75) is 18.3 Å². The van der Waals surface area contributed by atoms with E-state index in [0.717, 1.165) is 54.3 Å². The standard InChI is InChI=1S/C27H24Cl2FN3O/c28-21-5-3-19(4-6-21)2-1-13-32-14-10-27(11-15-32)18-33(24-8-7-22(29)17-23(24)27)26(34)20-9-12-31-25(30)16-20/h1-9,12,16-17H,10-11,13-15,18H2. The molecule has 1 amide bonds. The van der Waals surface area contributed by atoms with Crippen molar-refractivity contribution in [2.24, 2.45) is 0 Å². The molecule has 2 aliphatic rings. The smallest absolute Gasteiger partial charge is 0.258 e. The molecule has 7 heteroatoms. The number of benzene rings is 2. The number of pyridine rings is 1. The number of anilines is 1. The van der Waals surface area contributed by atoms with Crippen molar-refractivity contribution >= 4 is 40.9 Å². The summed E-state index contributed by atoms with van der Waals surface area (Å²) in [5.74, 6) is -0.869. The molecule has 1 spiro atoms. The fraction of sp³-hybridized carbons (Fsp3) is 0.259. The van der Waals surface area contributed by atoms with Crippen LogP contribution in [-0.4, -0.2) is 42.0 Å². The molecule has 1 saturated heterocycles. The Labute approximate surface area is 208 Å². The largest absolute Gasteiger partial charge is 0.307 e. The van der Waals surface area contributed by atoms with Crippen LogP contribution in [0, 0.1) is 5.95 Å². The minimum atomic E-state index is -0.656. The van der Waals surface area contributed by atoms with E-state index in [-0.39, 0.29) is 11.3 Å². The molecule has 0 unspecified atom stereocenters. The maximum absolute atomic E-state index is 13.7. The van der Waals surface area contributed by atoms with E-state index in [1.54, 1.807) is 11.0 Å².